The molecule has 2 heterocycles. The zero-order valence-corrected chi connectivity index (χ0v) is 15.1. The maximum atomic E-state index is 13.0. The number of nitrogens with zero attached hydrogens (tertiary/aromatic N) is 4. The minimum Gasteiger partial charge on any atom is -0.399 e. The third-order valence-corrected chi connectivity index (χ3v) is 4.64. The van der Waals surface area contributed by atoms with Crippen molar-refractivity contribution in [1.82, 2.24) is 14.9 Å². The largest absolute Gasteiger partial charge is 0.399 e. The van der Waals surface area contributed by atoms with Crippen LogP contribution >= 0.6 is 0 Å². The summed E-state index contributed by atoms with van der Waals surface area (Å²) in [7, 11) is 0. The van der Waals surface area contributed by atoms with E-state index in [1.165, 1.54) is 12.1 Å². The summed E-state index contributed by atoms with van der Waals surface area (Å²) in [5, 5.41) is 9.75. The average Bonchev–Trinajstić information content (AvgIpc) is 2.70. The minimum atomic E-state index is -0.256. The molecule has 3 rings (SSSR count). The van der Waals surface area contributed by atoms with Crippen LogP contribution in [0.1, 0.15) is 11.1 Å². The van der Waals surface area contributed by atoms with Gasteiger partial charge >= 0.3 is 0 Å². The number of benzene rings is 1. The quantitative estimate of drug-likeness (QED) is 0.808. The number of piperazine rings is 1. The summed E-state index contributed by atoms with van der Waals surface area (Å²) in [6, 6.07) is 6.21. The predicted octanol–water partition coefficient (Wildman–Crippen LogP) is 1.74. The molecule has 0 spiro atoms. The molecule has 3 N–H and O–H groups in total. The molecule has 1 saturated heterocycles. The Kier molecular flexibility index (Phi) is 6.16. The standard InChI is InChI=1S/C20H24FN5O/c1-15(22)17-12-23-20(24-13-17)26-10-8-25(9-11-26)19(14-27)7-4-16-2-5-18(21)6-3-16/h2-7,12-13,19,27H,1,8-11,14,22H2/b7-4+/t19-/m0/s1. The van der Waals surface area contributed by atoms with Crippen LogP contribution in [0.3, 0.4) is 0 Å². The molecule has 1 fully saturated rings. The molecule has 0 aliphatic carbocycles. The minimum absolute atomic E-state index is 0.0293. The molecule has 1 aromatic carbocycles. The first-order valence-electron chi connectivity index (χ1n) is 8.87. The summed E-state index contributed by atoms with van der Waals surface area (Å²) >= 11 is 0. The number of aliphatic hydroxyl groups is 1. The van der Waals surface area contributed by atoms with Gasteiger partial charge in [0, 0.05) is 49.8 Å². The maximum absolute atomic E-state index is 13.0. The van der Waals surface area contributed by atoms with Crippen LogP contribution in [0.4, 0.5) is 10.3 Å². The lowest BCUT2D eigenvalue weighted by atomic mass is 10.1. The van der Waals surface area contributed by atoms with E-state index in [0.717, 1.165) is 37.3 Å². The van der Waals surface area contributed by atoms with Crippen molar-refractivity contribution >= 4 is 17.7 Å². The van der Waals surface area contributed by atoms with Crippen molar-refractivity contribution in [3.05, 3.63) is 66.3 Å². The highest BCUT2D eigenvalue weighted by molar-refractivity contribution is 5.58. The van der Waals surface area contributed by atoms with Crippen LogP contribution in [0.5, 0.6) is 0 Å². The smallest absolute Gasteiger partial charge is 0.225 e. The van der Waals surface area contributed by atoms with Gasteiger partial charge in [0.05, 0.1) is 12.6 Å². The third kappa shape index (κ3) is 4.90. The summed E-state index contributed by atoms with van der Waals surface area (Å²) in [6.45, 7) is 6.81. The fraction of sp³-hybridized carbons (Fsp3) is 0.300. The van der Waals surface area contributed by atoms with Crippen LogP contribution in [0.15, 0.2) is 49.3 Å². The number of nitrogens with two attached hydrogens (primary N) is 1. The first-order valence-corrected chi connectivity index (χ1v) is 8.87. The number of hydrogen-bond donors (Lipinski definition) is 2. The first kappa shape index (κ1) is 19.0. The van der Waals surface area contributed by atoms with E-state index in [1.54, 1.807) is 24.5 Å². The fourth-order valence-corrected chi connectivity index (χ4v) is 3.00. The van der Waals surface area contributed by atoms with Crippen molar-refractivity contribution in [1.29, 1.82) is 0 Å². The van der Waals surface area contributed by atoms with Crippen LogP contribution in [0, 0.1) is 5.82 Å². The van der Waals surface area contributed by atoms with E-state index < -0.39 is 0 Å². The van der Waals surface area contributed by atoms with Gasteiger partial charge in [-0.3, -0.25) is 4.90 Å². The number of anilines is 1. The van der Waals surface area contributed by atoms with Gasteiger partial charge in [-0.15, -0.1) is 0 Å². The second-order valence-electron chi connectivity index (χ2n) is 6.48. The van der Waals surface area contributed by atoms with Crippen molar-refractivity contribution in [3.63, 3.8) is 0 Å². The molecule has 2 aromatic rings. The molecule has 1 atom stereocenters. The van der Waals surface area contributed by atoms with E-state index in [0.29, 0.717) is 11.6 Å². The molecule has 1 aliphatic heterocycles. The lowest BCUT2D eigenvalue weighted by molar-refractivity contribution is 0.145. The average molecular weight is 369 g/mol. The van der Waals surface area contributed by atoms with E-state index in [-0.39, 0.29) is 18.5 Å². The number of rotatable bonds is 6. The summed E-state index contributed by atoms with van der Waals surface area (Å²) in [4.78, 5) is 13.0. The molecule has 142 valence electrons. The molecule has 1 aliphatic rings. The zero-order chi connectivity index (χ0) is 19.2. The molecule has 0 bridgehead atoms. The van der Waals surface area contributed by atoms with Gasteiger partial charge in [-0.2, -0.15) is 0 Å². The topological polar surface area (TPSA) is 78.5 Å². The van der Waals surface area contributed by atoms with Crippen LogP contribution < -0.4 is 10.6 Å². The lowest BCUT2D eigenvalue weighted by Crippen LogP contribution is -2.51. The van der Waals surface area contributed by atoms with Crippen molar-refractivity contribution < 1.29 is 9.50 Å². The summed E-state index contributed by atoms with van der Waals surface area (Å²) in [5.41, 5.74) is 7.72. The third-order valence-electron chi connectivity index (χ3n) is 4.64. The second kappa shape index (κ2) is 8.75. The predicted molar refractivity (Wildman–Crippen MR) is 105 cm³/mol. The Hall–Kier alpha value is -2.77. The van der Waals surface area contributed by atoms with Gasteiger partial charge in [0.15, 0.2) is 0 Å². The van der Waals surface area contributed by atoms with E-state index in [2.05, 4.69) is 26.3 Å². The second-order valence-corrected chi connectivity index (χ2v) is 6.48. The van der Waals surface area contributed by atoms with Gasteiger partial charge in [0.2, 0.25) is 5.95 Å². The number of halogens is 1. The zero-order valence-electron chi connectivity index (χ0n) is 15.1. The van der Waals surface area contributed by atoms with Crippen LogP contribution in [0.2, 0.25) is 0 Å². The normalized spacial score (nSPS) is 16.6. The Morgan fingerprint density at radius 2 is 1.81 bits per heavy atom. The first-order chi connectivity index (χ1) is 13.1. The molecule has 1 aromatic heterocycles. The lowest BCUT2D eigenvalue weighted by Gasteiger charge is -2.37. The monoisotopic (exact) mass is 369 g/mol. The highest BCUT2D eigenvalue weighted by Crippen LogP contribution is 2.15. The molecule has 7 heteroatoms. The van der Waals surface area contributed by atoms with Crippen LogP contribution in [-0.4, -0.2) is 58.8 Å². The number of aliphatic hydroxyl groups excluding tert-OH is 1. The maximum Gasteiger partial charge on any atom is 0.225 e. The molecule has 27 heavy (non-hydrogen) atoms. The van der Waals surface area contributed by atoms with E-state index in [1.807, 2.05) is 12.2 Å². The Balaban J connectivity index is 1.58. The van der Waals surface area contributed by atoms with Crippen molar-refractivity contribution in [2.75, 3.05) is 37.7 Å². The fourth-order valence-electron chi connectivity index (χ4n) is 3.00. The highest BCUT2D eigenvalue weighted by Gasteiger charge is 2.23. The molecular formula is C20H24FN5O. The van der Waals surface area contributed by atoms with Gasteiger partial charge in [-0.1, -0.05) is 30.9 Å². The van der Waals surface area contributed by atoms with Crippen molar-refractivity contribution in [3.8, 4) is 0 Å². The number of aromatic nitrogens is 2. The molecule has 0 radical (unpaired) electrons. The summed E-state index contributed by atoms with van der Waals surface area (Å²) in [6.07, 6.45) is 7.23. The highest BCUT2D eigenvalue weighted by atomic mass is 19.1. The van der Waals surface area contributed by atoms with Gasteiger partial charge in [0.25, 0.3) is 0 Å². The summed E-state index contributed by atoms with van der Waals surface area (Å²) in [5.74, 6) is 0.412. The van der Waals surface area contributed by atoms with Gasteiger partial charge in [0.1, 0.15) is 5.82 Å². The summed E-state index contributed by atoms with van der Waals surface area (Å²) < 4.78 is 13.0. The van der Waals surface area contributed by atoms with Crippen molar-refractivity contribution in [2.24, 2.45) is 5.73 Å². The Labute approximate surface area is 158 Å². The molecule has 0 unspecified atom stereocenters. The number of hydrogen-bond acceptors (Lipinski definition) is 6. The molecule has 0 saturated carbocycles. The van der Waals surface area contributed by atoms with Crippen molar-refractivity contribution in [2.45, 2.75) is 6.04 Å². The Bertz CT molecular complexity index is 783. The Morgan fingerprint density at radius 3 is 2.37 bits per heavy atom. The molecule has 6 nitrogen and oxygen atoms in total. The van der Waals surface area contributed by atoms with E-state index in [9.17, 15) is 9.50 Å². The van der Waals surface area contributed by atoms with Gasteiger partial charge < -0.3 is 15.7 Å². The molecule has 0 amide bonds. The van der Waals surface area contributed by atoms with Gasteiger partial charge in [-0.25, -0.2) is 14.4 Å². The van der Waals surface area contributed by atoms with Gasteiger partial charge in [-0.05, 0) is 17.7 Å². The van der Waals surface area contributed by atoms with E-state index in [4.69, 9.17) is 5.73 Å². The van der Waals surface area contributed by atoms with Crippen LogP contribution in [0.25, 0.3) is 11.8 Å². The SMILES string of the molecule is C=C(N)c1cnc(N2CCN([C@@H](/C=C/c3ccc(F)cc3)CO)CC2)nc1. The Morgan fingerprint density at radius 1 is 1.19 bits per heavy atom. The van der Waals surface area contributed by atoms with E-state index >= 15 is 0 Å². The molecular weight excluding hydrogens is 345 g/mol. The van der Waals surface area contributed by atoms with Crippen LogP contribution in [-0.2, 0) is 0 Å².